The third-order valence-corrected chi connectivity index (χ3v) is 4.68. The monoisotopic (exact) mass is 283 g/mol. The van der Waals surface area contributed by atoms with E-state index in [1.165, 1.54) is 31.7 Å². The number of nitrogens with one attached hydrogen (secondary N) is 1. The highest BCUT2D eigenvalue weighted by Gasteiger charge is 2.16. The Kier molecular flexibility index (Phi) is 4.31. The maximum absolute atomic E-state index is 11.4. The predicted molar refractivity (Wildman–Crippen MR) is 77.3 cm³/mol. The summed E-state index contributed by atoms with van der Waals surface area (Å²) in [6.45, 7) is 0.808. The second kappa shape index (κ2) is 5.79. The van der Waals surface area contributed by atoms with Crippen LogP contribution in [0.25, 0.3) is 0 Å². The van der Waals surface area contributed by atoms with Gasteiger partial charge < -0.3 is 11.1 Å². The zero-order valence-corrected chi connectivity index (χ0v) is 11.7. The van der Waals surface area contributed by atoms with Gasteiger partial charge in [-0.05, 0) is 24.5 Å². The molecule has 6 heteroatoms. The van der Waals surface area contributed by atoms with Crippen molar-refractivity contribution in [2.45, 2.75) is 37.0 Å². The van der Waals surface area contributed by atoms with Gasteiger partial charge in [0.1, 0.15) is 4.90 Å². The Hall–Kier alpha value is -1.27. The molecule has 5 nitrogen and oxygen atoms in total. The highest BCUT2D eigenvalue weighted by molar-refractivity contribution is 7.89. The van der Waals surface area contributed by atoms with E-state index in [9.17, 15) is 8.42 Å². The van der Waals surface area contributed by atoms with Gasteiger partial charge in [0.25, 0.3) is 0 Å². The molecule has 2 rings (SSSR count). The van der Waals surface area contributed by atoms with Crippen molar-refractivity contribution >= 4 is 21.4 Å². The number of para-hydroxylation sites is 1. The average Bonchev–Trinajstić information content (AvgIpc) is 2.83. The Morgan fingerprint density at radius 1 is 1.26 bits per heavy atom. The van der Waals surface area contributed by atoms with Crippen molar-refractivity contribution in [3.05, 3.63) is 18.2 Å². The number of hydrogen-bond donors (Lipinski definition) is 3. The van der Waals surface area contributed by atoms with E-state index in [4.69, 9.17) is 10.9 Å². The lowest BCUT2D eigenvalue weighted by Crippen LogP contribution is -2.16. The first-order chi connectivity index (χ1) is 8.98. The minimum absolute atomic E-state index is 0.0154. The van der Waals surface area contributed by atoms with Crippen molar-refractivity contribution in [1.82, 2.24) is 0 Å². The van der Waals surface area contributed by atoms with Crippen LogP contribution in [0.1, 0.15) is 32.1 Å². The van der Waals surface area contributed by atoms with E-state index in [-0.39, 0.29) is 10.6 Å². The highest BCUT2D eigenvalue weighted by atomic mass is 32.2. The minimum atomic E-state index is -3.76. The fourth-order valence-electron chi connectivity index (χ4n) is 2.66. The van der Waals surface area contributed by atoms with Gasteiger partial charge in [0.15, 0.2) is 0 Å². The molecular weight excluding hydrogens is 262 g/mol. The van der Waals surface area contributed by atoms with E-state index in [2.05, 4.69) is 5.32 Å². The lowest BCUT2D eigenvalue weighted by molar-refractivity contribution is 0.518. The van der Waals surface area contributed by atoms with E-state index in [0.717, 1.165) is 18.9 Å². The summed E-state index contributed by atoms with van der Waals surface area (Å²) in [5.74, 6) is 0.787. The van der Waals surface area contributed by atoms with E-state index in [0.29, 0.717) is 5.69 Å². The SMILES string of the molecule is Nc1c(NCCC2CCCC2)cccc1S(N)(=O)=O. The number of hydrogen-bond acceptors (Lipinski definition) is 4. The van der Waals surface area contributed by atoms with Gasteiger partial charge in [-0.1, -0.05) is 31.7 Å². The summed E-state index contributed by atoms with van der Waals surface area (Å²) in [5, 5.41) is 8.33. The zero-order chi connectivity index (χ0) is 13.9. The Labute approximate surface area is 114 Å². The van der Waals surface area contributed by atoms with Crippen LogP contribution in [0.5, 0.6) is 0 Å². The maximum Gasteiger partial charge on any atom is 0.240 e. The summed E-state index contributed by atoms with van der Waals surface area (Å²) >= 11 is 0. The van der Waals surface area contributed by atoms with Crippen LogP contribution < -0.4 is 16.2 Å². The normalized spacial score (nSPS) is 16.7. The molecule has 1 fully saturated rings. The standard InChI is InChI=1S/C13H21N3O2S/c14-13-11(6-3-7-12(13)19(15,17)18)16-9-8-10-4-1-2-5-10/h3,6-7,10,16H,1-2,4-5,8-9,14H2,(H2,15,17,18). The Balaban J connectivity index is 2.00. The Morgan fingerprint density at radius 3 is 2.58 bits per heavy atom. The van der Waals surface area contributed by atoms with Gasteiger partial charge in [-0.2, -0.15) is 0 Å². The molecule has 1 saturated carbocycles. The summed E-state index contributed by atoms with van der Waals surface area (Å²) in [4.78, 5) is -0.0154. The number of primary sulfonamides is 1. The van der Waals surface area contributed by atoms with E-state index < -0.39 is 10.0 Å². The Morgan fingerprint density at radius 2 is 1.95 bits per heavy atom. The van der Waals surface area contributed by atoms with E-state index in [1.54, 1.807) is 12.1 Å². The van der Waals surface area contributed by atoms with Crippen molar-refractivity contribution in [2.24, 2.45) is 11.1 Å². The quantitative estimate of drug-likeness (QED) is 0.719. The largest absolute Gasteiger partial charge is 0.396 e. The third-order valence-electron chi connectivity index (χ3n) is 3.72. The molecule has 1 aliphatic carbocycles. The summed E-state index contributed by atoms with van der Waals surface area (Å²) in [5.41, 5.74) is 6.69. The summed E-state index contributed by atoms with van der Waals surface area (Å²) in [6.07, 6.45) is 6.35. The molecule has 0 spiro atoms. The van der Waals surface area contributed by atoms with E-state index >= 15 is 0 Å². The fourth-order valence-corrected chi connectivity index (χ4v) is 3.34. The third kappa shape index (κ3) is 3.61. The van der Waals surface area contributed by atoms with Crippen LogP contribution in [0.2, 0.25) is 0 Å². The molecule has 106 valence electrons. The van der Waals surface area contributed by atoms with Crippen LogP contribution in [0.3, 0.4) is 0 Å². The van der Waals surface area contributed by atoms with Crippen LogP contribution in [-0.4, -0.2) is 15.0 Å². The Bertz CT molecular complexity index is 537. The molecule has 0 atom stereocenters. The fraction of sp³-hybridized carbons (Fsp3) is 0.538. The summed E-state index contributed by atoms with van der Waals surface area (Å²) in [7, 11) is -3.76. The second-order valence-corrected chi connectivity index (χ2v) is 6.66. The number of anilines is 2. The second-order valence-electron chi connectivity index (χ2n) is 5.13. The first-order valence-electron chi connectivity index (χ1n) is 6.63. The molecule has 5 N–H and O–H groups in total. The molecule has 0 saturated heterocycles. The van der Waals surface area contributed by atoms with Gasteiger partial charge in [0.2, 0.25) is 10.0 Å². The zero-order valence-electron chi connectivity index (χ0n) is 10.9. The smallest absolute Gasteiger partial charge is 0.240 e. The molecule has 0 amide bonds. The van der Waals surface area contributed by atoms with Crippen LogP contribution in [0.4, 0.5) is 11.4 Å². The minimum Gasteiger partial charge on any atom is -0.396 e. The molecule has 0 unspecified atom stereocenters. The summed E-state index contributed by atoms with van der Waals surface area (Å²) in [6, 6.07) is 4.85. The van der Waals surface area contributed by atoms with Crippen LogP contribution in [0, 0.1) is 5.92 Å². The molecule has 1 aromatic rings. The van der Waals surface area contributed by atoms with Crippen molar-refractivity contribution in [2.75, 3.05) is 17.6 Å². The van der Waals surface area contributed by atoms with Crippen LogP contribution in [0.15, 0.2) is 23.1 Å². The number of rotatable bonds is 5. The van der Waals surface area contributed by atoms with Crippen LogP contribution >= 0.6 is 0 Å². The maximum atomic E-state index is 11.4. The highest BCUT2D eigenvalue weighted by Crippen LogP contribution is 2.29. The van der Waals surface area contributed by atoms with Crippen molar-refractivity contribution in [1.29, 1.82) is 0 Å². The van der Waals surface area contributed by atoms with Gasteiger partial charge in [-0.3, -0.25) is 0 Å². The molecule has 0 aromatic heterocycles. The molecule has 0 heterocycles. The number of nitrogens with two attached hydrogens (primary N) is 2. The first-order valence-corrected chi connectivity index (χ1v) is 8.18. The van der Waals surface area contributed by atoms with Gasteiger partial charge >= 0.3 is 0 Å². The predicted octanol–water partition coefficient (Wildman–Crippen LogP) is 1.91. The average molecular weight is 283 g/mol. The first kappa shape index (κ1) is 14.1. The number of nitrogen functional groups attached to an aromatic ring is 1. The van der Waals surface area contributed by atoms with E-state index in [1.807, 2.05) is 0 Å². The number of sulfonamides is 1. The number of benzene rings is 1. The van der Waals surface area contributed by atoms with Gasteiger partial charge in [0.05, 0.1) is 11.4 Å². The van der Waals surface area contributed by atoms with Crippen molar-refractivity contribution in [3.8, 4) is 0 Å². The topological polar surface area (TPSA) is 98.2 Å². The van der Waals surface area contributed by atoms with Gasteiger partial charge in [0, 0.05) is 6.54 Å². The summed E-state index contributed by atoms with van der Waals surface area (Å²) < 4.78 is 22.7. The van der Waals surface area contributed by atoms with Crippen molar-refractivity contribution in [3.63, 3.8) is 0 Å². The van der Waals surface area contributed by atoms with Gasteiger partial charge in [-0.25, -0.2) is 13.6 Å². The van der Waals surface area contributed by atoms with Crippen molar-refractivity contribution < 1.29 is 8.42 Å². The lowest BCUT2D eigenvalue weighted by atomic mass is 10.0. The lowest BCUT2D eigenvalue weighted by Gasteiger charge is -2.14. The molecular formula is C13H21N3O2S. The molecule has 1 aromatic carbocycles. The molecule has 19 heavy (non-hydrogen) atoms. The molecule has 0 aliphatic heterocycles. The molecule has 0 radical (unpaired) electrons. The molecule has 0 bridgehead atoms. The van der Waals surface area contributed by atoms with Crippen LogP contribution in [-0.2, 0) is 10.0 Å². The van der Waals surface area contributed by atoms with Gasteiger partial charge in [-0.15, -0.1) is 0 Å². The molecule has 1 aliphatic rings.